The quantitative estimate of drug-likeness (QED) is 0.655. The molecule has 1 atom stereocenters. The lowest BCUT2D eigenvalue weighted by molar-refractivity contribution is 0.495. The lowest BCUT2D eigenvalue weighted by Crippen LogP contribution is -2.44. The Kier molecular flexibility index (Phi) is 6.20. The number of allylic oxidation sites excluding steroid dienone is 1. The van der Waals surface area contributed by atoms with Crippen molar-refractivity contribution < 1.29 is 0 Å². The van der Waals surface area contributed by atoms with Crippen LogP contribution in [0.25, 0.3) is 11.2 Å². The zero-order valence-electron chi connectivity index (χ0n) is 17.2. The zero-order chi connectivity index (χ0) is 21.1. The summed E-state index contributed by atoms with van der Waals surface area (Å²) in [6.07, 6.45) is 5.30. The minimum absolute atomic E-state index is 0.0916. The van der Waals surface area contributed by atoms with Gasteiger partial charge in [0.05, 0.1) is 0 Å². The number of anilines is 1. The third-order valence-electron chi connectivity index (χ3n) is 5.66. The molecule has 1 fully saturated rings. The summed E-state index contributed by atoms with van der Waals surface area (Å²) in [5.41, 5.74) is 9.76. The molecule has 0 amide bonds. The van der Waals surface area contributed by atoms with Crippen molar-refractivity contribution in [1.82, 2.24) is 19.1 Å². The first-order valence-corrected chi connectivity index (χ1v) is 10.8. The number of hydrogen-bond acceptors (Lipinski definition) is 5. The molecule has 3 aromatic rings. The van der Waals surface area contributed by atoms with Crippen molar-refractivity contribution in [2.24, 2.45) is 12.8 Å². The summed E-state index contributed by atoms with van der Waals surface area (Å²) in [7, 11) is 1.78. The summed E-state index contributed by atoms with van der Waals surface area (Å²) in [6, 6.07) is 10.3. The van der Waals surface area contributed by atoms with E-state index in [9.17, 15) is 4.79 Å². The molecule has 7 nitrogen and oxygen atoms in total. The van der Waals surface area contributed by atoms with Gasteiger partial charge in [-0.1, -0.05) is 48.0 Å². The van der Waals surface area contributed by atoms with Gasteiger partial charge in [0.25, 0.3) is 5.56 Å². The monoisotopic (exact) mass is 426 g/mol. The molecule has 158 valence electrons. The van der Waals surface area contributed by atoms with Gasteiger partial charge in [0, 0.05) is 44.7 Å². The number of fused-ring (bicyclic) bond motifs is 1. The first kappa shape index (κ1) is 20.6. The number of nitrogens with zero attached hydrogens (tertiary/aromatic N) is 5. The Morgan fingerprint density at radius 3 is 2.77 bits per heavy atom. The molecule has 2 aromatic heterocycles. The van der Waals surface area contributed by atoms with Crippen LogP contribution < -0.4 is 16.2 Å². The average molecular weight is 427 g/mol. The number of piperidine rings is 1. The third-order valence-corrected chi connectivity index (χ3v) is 5.83. The molecule has 1 aliphatic heterocycles. The van der Waals surface area contributed by atoms with Crippen molar-refractivity contribution >= 4 is 28.7 Å². The number of hydrogen-bond donors (Lipinski definition) is 1. The summed E-state index contributed by atoms with van der Waals surface area (Å²) in [5.74, 6) is 1.47. The van der Waals surface area contributed by atoms with Gasteiger partial charge in [0.2, 0.25) is 5.95 Å². The third kappa shape index (κ3) is 4.13. The van der Waals surface area contributed by atoms with Crippen LogP contribution in [0, 0.1) is 0 Å². The number of aromatic nitrogens is 4. The normalized spacial score (nSPS) is 17.3. The Balaban J connectivity index is 1.75. The van der Waals surface area contributed by atoms with Crippen LogP contribution in [0.1, 0.15) is 24.2 Å². The van der Waals surface area contributed by atoms with Crippen molar-refractivity contribution in [2.75, 3.05) is 18.0 Å². The maximum Gasteiger partial charge on any atom is 0.279 e. The smallest absolute Gasteiger partial charge is 0.279 e. The minimum Gasteiger partial charge on any atom is -0.341 e. The number of aryl methyl sites for hydroxylation is 2. The van der Waals surface area contributed by atoms with Gasteiger partial charge in [-0.15, -0.1) is 0 Å². The van der Waals surface area contributed by atoms with Gasteiger partial charge in [0.1, 0.15) is 5.82 Å². The highest BCUT2D eigenvalue weighted by atomic mass is 35.5. The molecule has 3 heterocycles. The maximum absolute atomic E-state index is 13.3. The van der Waals surface area contributed by atoms with Gasteiger partial charge in [-0.25, -0.2) is 4.98 Å². The Labute approximate surface area is 180 Å². The molecule has 1 unspecified atom stereocenters. The Morgan fingerprint density at radius 2 is 2.03 bits per heavy atom. The second-order valence-electron chi connectivity index (χ2n) is 7.78. The first-order valence-electron chi connectivity index (χ1n) is 10.3. The molecule has 30 heavy (non-hydrogen) atoms. The summed E-state index contributed by atoms with van der Waals surface area (Å²) in [5, 5.41) is 0. The summed E-state index contributed by atoms with van der Waals surface area (Å²) >= 11 is 5.78. The number of nitrogens with two attached hydrogens (primary N) is 1. The number of halogens is 1. The van der Waals surface area contributed by atoms with Gasteiger partial charge >= 0.3 is 0 Å². The molecule has 1 saturated heterocycles. The Hall–Kier alpha value is -2.64. The van der Waals surface area contributed by atoms with E-state index in [1.54, 1.807) is 17.7 Å². The minimum atomic E-state index is -0.0916. The second-order valence-corrected chi connectivity index (χ2v) is 8.03. The van der Waals surface area contributed by atoms with Gasteiger partial charge in [-0.2, -0.15) is 4.98 Å². The van der Waals surface area contributed by atoms with Crippen LogP contribution in [-0.2, 0) is 26.4 Å². The highest BCUT2D eigenvalue weighted by Crippen LogP contribution is 2.23. The van der Waals surface area contributed by atoms with E-state index in [-0.39, 0.29) is 11.6 Å². The van der Waals surface area contributed by atoms with Crippen LogP contribution in [0.5, 0.6) is 0 Å². The van der Waals surface area contributed by atoms with Crippen molar-refractivity contribution in [3.05, 3.63) is 63.7 Å². The molecular weight excluding hydrogens is 400 g/mol. The number of benzene rings is 1. The van der Waals surface area contributed by atoms with E-state index < -0.39 is 0 Å². The lowest BCUT2D eigenvalue weighted by atomic mass is 10.1. The van der Waals surface area contributed by atoms with Crippen LogP contribution in [0.15, 0.2) is 46.7 Å². The molecule has 1 aliphatic rings. The highest BCUT2D eigenvalue weighted by molar-refractivity contribution is 6.25. The zero-order valence-corrected chi connectivity index (χ0v) is 17.9. The van der Waals surface area contributed by atoms with E-state index in [0.29, 0.717) is 24.1 Å². The van der Waals surface area contributed by atoms with E-state index in [0.717, 1.165) is 44.1 Å². The van der Waals surface area contributed by atoms with Crippen LogP contribution in [0.4, 0.5) is 5.95 Å². The van der Waals surface area contributed by atoms with Crippen LogP contribution in [0.3, 0.4) is 0 Å². The molecule has 2 N–H and O–H groups in total. The predicted octanol–water partition coefficient (Wildman–Crippen LogP) is 2.60. The Morgan fingerprint density at radius 1 is 1.23 bits per heavy atom. The fraction of sp³-hybridized carbons (Fsp3) is 0.409. The molecule has 4 rings (SSSR count). The maximum atomic E-state index is 13.3. The lowest BCUT2D eigenvalue weighted by Gasteiger charge is -2.31. The van der Waals surface area contributed by atoms with Crippen molar-refractivity contribution in [2.45, 2.75) is 38.3 Å². The molecule has 0 saturated carbocycles. The standard InChI is InChI=1S/C22H27ClN6O/c1-27-18(11-10-16-7-3-2-4-8-16)25-20-19(21(27)30)29(14-6-12-23)22(26-20)28-13-5-9-17(24)15-28/h2-4,6-8,12,17H,5,9-11,13-15,24H2,1H3/b12-6+. The first-order chi connectivity index (χ1) is 14.6. The van der Waals surface area contributed by atoms with Crippen molar-refractivity contribution in [3.63, 3.8) is 0 Å². The number of imidazole rings is 1. The predicted molar refractivity (Wildman–Crippen MR) is 121 cm³/mol. The largest absolute Gasteiger partial charge is 0.341 e. The van der Waals surface area contributed by atoms with E-state index in [1.807, 2.05) is 22.8 Å². The summed E-state index contributed by atoms with van der Waals surface area (Å²) in [6.45, 7) is 2.04. The topological polar surface area (TPSA) is 82.0 Å². The van der Waals surface area contributed by atoms with Gasteiger partial charge < -0.3 is 15.2 Å². The molecule has 0 radical (unpaired) electrons. The summed E-state index contributed by atoms with van der Waals surface area (Å²) in [4.78, 5) is 25.0. The van der Waals surface area contributed by atoms with Crippen molar-refractivity contribution in [1.29, 1.82) is 0 Å². The molecule has 1 aromatic carbocycles. The van der Waals surface area contributed by atoms with Gasteiger partial charge in [0.15, 0.2) is 11.2 Å². The van der Waals surface area contributed by atoms with Crippen LogP contribution in [-0.4, -0.2) is 38.2 Å². The van der Waals surface area contributed by atoms with Gasteiger partial charge in [-0.3, -0.25) is 9.36 Å². The molecule has 0 aliphatic carbocycles. The van der Waals surface area contributed by atoms with Crippen LogP contribution in [0.2, 0.25) is 0 Å². The van der Waals surface area contributed by atoms with E-state index >= 15 is 0 Å². The van der Waals surface area contributed by atoms with E-state index in [2.05, 4.69) is 17.0 Å². The molecule has 0 spiro atoms. The van der Waals surface area contributed by atoms with Crippen LogP contribution >= 0.6 is 11.6 Å². The Bertz CT molecular complexity index is 1100. The fourth-order valence-corrected chi connectivity index (χ4v) is 4.15. The highest BCUT2D eigenvalue weighted by Gasteiger charge is 2.25. The number of rotatable bonds is 6. The van der Waals surface area contributed by atoms with E-state index in [1.165, 1.54) is 11.1 Å². The molecule has 8 heteroatoms. The van der Waals surface area contributed by atoms with E-state index in [4.69, 9.17) is 27.3 Å². The fourth-order valence-electron chi connectivity index (χ4n) is 4.07. The van der Waals surface area contributed by atoms with Gasteiger partial charge in [-0.05, 0) is 24.8 Å². The van der Waals surface area contributed by atoms with Crippen molar-refractivity contribution in [3.8, 4) is 0 Å². The average Bonchev–Trinajstić information content (AvgIpc) is 3.13. The molecular formula is C22H27ClN6O. The summed E-state index contributed by atoms with van der Waals surface area (Å²) < 4.78 is 3.54. The molecule has 0 bridgehead atoms. The SMILES string of the molecule is Cn1c(CCc2ccccc2)nc2nc(N3CCCC(N)C3)n(C/C=C/Cl)c2c1=O. The second kappa shape index (κ2) is 9.02.